The molecule has 6 heteroatoms. The summed E-state index contributed by atoms with van der Waals surface area (Å²) in [5.41, 5.74) is 0. The Kier molecular flexibility index (Phi) is 743. The molecule has 0 aliphatic rings. The summed E-state index contributed by atoms with van der Waals surface area (Å²) in [5, 5.41) is 0. The zero-order valence-corrected chi connectivity index (χ0v) is 11.9. The van der Waals surface area contributed by atoms with Gasteiger partial charge in [-0.3, -0.25) is 0 Å². The molecule has 0 atom stereocenters. The van der Waals surface area contributed by atoms with Crippen LogP contribution < -0.4 is 67.9 Å². The van der Waals surface area contributed by atoms with Gasteiger partial charge in [-0.2, -0.15) is 0 Å². The van der Waals surface area contributed by atoms with Crippen LogP contribution in [0.4, 0.5) is 0 Å². The van der Waals surface area contributed by atoms with E-state index in [1.165, 1.54) is 0 Å². The number of carbonyl (C=O) groups is 1. The maximum absolute atomic E-state index is 8.00. The SMILES string of the molecule is C=O.[Br-].[Br-].[Br-].[Br-].[Os+4]. The topological polar surface area (TPSA) is 17.1 Å². The first-order valence-corrected chi connectivity index (χ1v) is 0.289. The van der Waals surface area contributed by atoms with Crippen LogP contribution in [0.25, 0.3) is 0 Å². The van der Waals surface area contributed by atoms with Gasteiger partial charge < -0.3 is 72.7 Å². The minimum Gasteiger partial charge on any atom is -1.00 e. The molecule has 0 saturated carbocycles. The molecule has 0 heterocycles. The largest absolute Gasteiger partial charge is 4.00 e. The molecule has 0 aliphatic heterocycles. The molecular formula is CH2Br4OOs. The summed E-state index contributed by atoms with van der Waals surface area (Å²) in [5.74, 6) is 0. The second-order valence-electron chi connectivity index (χ2n) is 0. The molecule has 0 aromatic rings. The first-order chi connectivity index (χ1) is 1.00. The molecule has 0 aromatic carbocycles. The Labute approximate surface area is 98.1 Å². The zero-order valence-electron chi connectivity index (χ0n) is 2.98. The van der Waals surface area contributed by atoms with Crippen molar-refractivity contribution in [1.82, 2.24) is 0 Å². The van der Waals surface area contributed by atoms with E-state index in [-0.39, 0.29) is 87.7 Å². The van der Waals surface area contributed by atoms with Gasteiger partial charge in [0.15, 0.2) is 0 Å². The van der Waals surface area contributed by atoms with E-state index in [1.54, 1.807) is 0 Å². The molecule has 0 fully saturated rings. The first-order valence-electron chi connectivity index (χ1n) is 0.289. The van der Waals surface area contributed by atoms with Gasteiger partial charge in [0.1, 0.15) is 6.79 Å². The van der Waals surface area contributed by atoms with Crippen LogP contribution in [0.1, 0.15) is 0 Å². The maximum atomic E-state index is 8.00. The van der Waals surface area contributed by atoms with Crippen molar-refractivity contribution in [2.75, 3.05) is 0 Å². The van der Waals surface area contributed by atoms with E-state index in [0.717, 1.165) is 0 Å². The molecule has 0 aromatic heterocycles. The van der Waals surface area contributed by atoms with Gasteiger partial charge in [-0.15, -0.1) is 0 Å². The van der Waals surface area contributed by atoms with Crippen LogP contribution in [0.5, 0.6) is 0 Å². The fraction of sp³-hybridized carbons (Fsp3) is 0. The Hall–Kier alpha value is 2.23. The average molecular weight is 540 g/mol. The Morgan fingerprint density at radius 3 is 0.714 bits per heavy atom. The minimum atomic E-state index is 0. The van der Waals surface area contributed by atoms with Crippen LogP contribution in [0.3, 0.4) is 0 Å². The molecule has 1 nitrogen and oxygen atoms in total. The number of rotatable bonds is 0. The van der Waals surface area contributed by atoms with E-state index in [2.05, 4.69) is 0 Å². The summed E-state index contributed by atoms with van der Waals surface area (Å²) < 4.78 is 0. The molecule has 0 aliphatic carbocycles. The minimum absolute atomic E-state index is 0. The van der Waals surface area contributed by atoms with Crippen molar-refractivity contribution < 1.29 is 92.5 Å². The summed E-state index contributed by atoms with van der Waals surface area (Å²) in [6.45, 7) is 2.00. The molecule has 0 unspecified atom stereocenters. The molecular weight excluding hydrogens is 538 g/mol. The normalized spacial score (nSPS) is 0.571. The zero-order chi connectivity index (χ0) is 2.00. The Balaban J connectivity index is -0.000000000500. The predicted molar refractivity (Wildman–Crippen MR) is 7.12 cm³/mol. The van der Waals surface area contributed by atoms with Crippen LogP contribution in [0.2, 0.25) is 0 Å². The summed E-state index contributed by atoms with van der Waals surface area (Å²) >= 11 is 0. The fourth-order valence-electron chi connectivity index (χ4n) is 0. The molecule has 48 valence electrons. The van der Waals surface area contributed by atoms with Crippen molar-refractivity contribution >= 4 is 6.79 Å². The monoisotopic (exact) mass is 538 g/mol. The van der Waals surface area contributed by atoms with E-state index in [0.29, 0.717) is 0 Å². The van der Waals surface area contributed by atoms with Crippen molar-refractivity contribution in [2.45, 2.75) is 0 Å². The van der Waals surface area contributed by atoms with Crippen LogP contribution >= 0.6 is 0 Å². The molecule has 0 N–H and O–H groups in total. The van der Waals surface area contributed by atoms with Gasteiger partial charge in [0.25, 0.3) is 0 Å². The number of hydrogen-bond donors (Lipinski definition) is 0. The molecule has 0 saturated heterocycles. The van der Waals surface area contributed by atoms with E-state index < -0.39 is 0 Å². The average Bonchev–Trinajstić information content (AvgIpc) is 1.00. The Morgan fingerprint density at radius 1 is 0.714 bits per heavy atom. The summed E-state index contributed by atoms with van der Waals surface area (Å²) in [6.07, 6.45) is 0. The molecule has 0 spiro atoms. The van der Waals surface area contributed by atoms with Crippen LogP contribution in [0, 0.1) is 0 Å². The number of hydrogen-bond acceptors (Lipinski definition) is 1. The smallest absolute Gasteiger partial charge is 1.00 e. The quantitative estimate of drug-likeness (QED) is 0.299. The van der Waals surface area contributed by atoms with Crippen molar-refractivity contribution in [3.63, 3.8) is 0 Å². The van der Waals surface area contributed by atoms with Gasteiger partial charge in [0, 0.05) is 0 Å². The molecule has 0 amide bonds. The predicted octanol–water partition coefficient (Wildman–Crippen LogP) is -12.2. The molecule has 7 heavy (non-hydrogen) atoms. The van der Waals surface area contributed by atoms with Crippen LogP contribution in [-0.4, -0.2) is 6.79 Å². The molecule has 0 bridgehead atoms. The Bertz CT molecular complexity index is 11.7. The van der Waals surface area contributed by atoms with Crippen molar-refractivity contribution in [3.05, 3.63) is 0 Å². The number of carbonyl (C=O) groups excluding carboxylic acids is 1. The van der Waals surface area contributed by atoms with Gasteiger partial charge in [-0.05, 0) is 0 Å². The Morgan fingerprint density at radius 2 is 0.714 bits per heavy atom. The van der Waals surface area contributed by atoms with E-state index in [9.17, 15) is 0 Å². The summed E-state index contributed by atoms with van der Waals surface area (Å²) in [4.78, 5) is 8.00. The summed E-state index contributed by atoms with van der Waals surface area (Å²) in [7, 11) is 0. The number of halogens is 4. The molecule has 0 rings (SSSR count). The van der Waals surface area contributed by atoms with Crippen molar-refractivity contribution in [1.29, 1.82) is 0 Å². The summed E-state index contributed by atoms with van der Waals surface area (Å²) in [6, 6.07) is 0. The van der Waals surface area contributed by atoms with E-state index >= 15 is 0 Å². The van der Waals surface area contributed by atoms with E-state index in [1.807, 2.05) is 6.79 Å². The third-order valence-electron chi connectivity index (χ3n) is 0. The molecule has 0 radical (unpaired) electrons. The second-order valence-corrected chi connectivity index (χ2v) is 0. The van der Waals surface area contributed by atoms with Gasteiger partial charge in [-0.25, -0.2) is 0 Å². The van der Waals surface area contributed by atoms with E-state index in [4.69, 9.17) is 4.79 Å². The van der Waals surface area contributed by atoms with Crippen molar-refractivity contribution in [2.24, 2.45) is 0 Å². The van der Waals surface area contributed by atoms with Gasteiger partial charge in [0.05, 0.1) is 0 Å². The first kappa shape index (κ1) is 60.0. The standard InChI is InChI=1S/CH2O.4BrH.Os/c1-2;;;;;/h1H2;4*1H;/q;;;;;+4/p-4. The van der Waals surface area contributed by atoms with Gasteiger partial charge >= 0.3 is 19.8 Å². The second kappa shape index (κ2) is 86.7. The van der Waals surface area contributed by atoms with Crippen molar-refractivity contribution in [3.8, 4) is 0 Å². The maximum Gasteiger partial charge on any atom is 4.00 e. The van der Waals surface area contributed by atoms with Crippen LogP contribution in [-0.2, 0) is 24.6 Å². The van der Waals surface area contributed by atoms with Gasteiger partial charge in [-0.1, -0.05) is 0 Å². The third kappa shape index (κ3) is 64.3. The van der Waals surface area contributed by atoms with Gasteiger partial charge in [0.2, 0.25) is 0 Å². The van der Waals surface area contributed by atoms with Crippen LogP contribution in [0.15, 0.2) is 0 Å². The third-order valence-corrected chi connectivity index (χ3v) is 0. The fourth-order valence-corrected chi connectivity index (χ4v) is 0.